The highest BCUT2D eigenvalue weighted by atomic mass is 16.8. The maximum atomic E-state index is 15.7. The van der Waals surface area contributed by atoms with Gasteiger partial charge >= 0.3 is 17.9 Å². The van der Waals surface area contributed by atoms with E-state index in [0.29, 0.717) is 51.4 Å². The zero-order valence-corrected chi connectivity index (χ0v) is 43.6. The highest BCUT2D eigenvalue weighted by Gasteiger charge is 2.71. The van der Waals surface area contributed by atoms with E-state index in [-0.39, 0.29) is 35.2 Å². The van der Waals surface area contributed by atoms with E-state index in [1.165, 1.54) is 13.8 Å². The first-order valence-corrected chi connectivity index (χ1v) is 26.2. The molecule has 0 aromatic heterocycles. The molecule has 3 saturated heterocycles. The number of esters is 3. The van der Waals surface area contributed by atoms with E-state index in [1.54, 1.807) is 0 Å². The number of ether oxygens (including phenoxy) is 8. The SMILES string of the molecule is CC(=O)OCC1OC(OC(=O)C23CCC(C)(C)CC2C2=CCC4C5(C)CC(O)C(O)C(C)(COC(C)=O)C5CCC4(C)C2(C)CC3)C(OC2OC(C)C(O)C(O)C2O)C(OC2OC(CO)C(O)C(O)C2O)C1O. The zero-order chi connectivity index (χ0) is 53.7. The Labute approximate surface area is 426 Å². The summed E-state index contributed by atoms with van der Waals surface area (Å²) in [5, 5.41) is 110. The van der Waals surface area contributed by atoms with Gasteiger partial charge in [0.1, 0.15) is 67.6 Å². The summed E-state index contributed by atoms with van der Waals surface area (Å²) in [5.41, 5.74) is -2.41. The van der Waals surface area contributed by atoms with Crippen molar-refractivity contribution in [1.82, 2.24) is 0 Å². The number of carbonyl (C=O) groups is 3. The third kappa shape index (κ3) is 9.52. The second kappa shape index (κ2) is 20.4. The standard InChI is InChI=1S/C52H82O21/c1-23-33(57)36(60)38(62)43(68-23)72-41-40(71-44-39(63)37(61)34(58)29(20-53)69-44)35(59)30(21-66-24(2)54)70-45(41)73-46(65)52-16-14-47(4,5)18-27(52)26-10-11-32-48(6)19-28(56)42(64)49(7,22-67-25(3)55)31(48)12-13-51(32,9)50(26,8)15-17-52/h10,23,27-45,53,56-64H,11-22H2,1-9H3. The molecule has 0 amide bonds. The number of aliphatic hydroxyl groups is 10. The van der Waals surface area contributed by atoms with E-state index in [0.717, 1.165) is 18.9 Å². The first-order valence-electron chi connectivity index (χ1n) is 26.2. The van der Waals surface area contributed by atoms with Crippen LogP contribution in [-0.2, 0) is 52.3 Å². The van der Waals surface area contributed by atoms with E-state index < -0.39 is 157 Å². The lowest BCUT2D eigenvalue weighted by Crippen LogP contribution is -2.68. The third-order valence-electron chi connectivity index (χ3n) is 19.9. The molecule has 0 bridgehead atoms. The average Bonchev–Trinajstić information content (AvgIpc) is 3.32. The Kier molecular flexibility index (Phi) is 15.9. The third-order valence-corrected chi connectivity index (χ3v) is 19.9. The minimum absolute atomic E-state index is 0.0243. The summed E-state index contributed by atoms with van der Waals surface area (Å²) in [4.78, 5) is 40.0. The lowest BCUT2D eigenvalue weighted by Gasteiger charge is -2.71. The van der Waals surface area contributed by atoms with Crippen LogP contribution in [0.2, 0.25) is 0 Å². The van der Waals surface area contributed by atoms with E-state index >= 15 is 4.79 Å². The van der Waals surface area contributed by atoms with Gasteiger partial charge < -0.3 is 89.0 Å². The quantitative estimate of drug-likeness (QED) is 0.0753. The van der Waals surface area contributed by atoms with E-state index in [1.807, 2.05) is 6.92 Å². The van der Waals surface area contributed by atoms with Crippen molar-refractivity contribution in [2.45, 2.75) is 224 Å². The van der Waals surface area contributed by atoms with Crippen molar-refractivity contribution in [1.29, 1.82) is 0 Å². The molecular weight excluding hydrogens is 961 g/mol. The zero-order valence-electron chi connectivity index (χ0n) is 43.6. The molecule has 0 aromatic rings. The van der Waals surface area contributed by atoms with Gasteiger partial charge in [0.2, 0.25) is 6.29 Å². The number of aliphatic hydroxyl groups excluding tert-OH is 10. The van der Waals surface area contributed by atoms with Gasteiger partial charge in [-0.3, -0.25) is 14.4 Å². The first-order chi connectivity index (χ1) is 34.0. The summed E-state index contributed by atoms with van der Waals surface area (Å²) in [6.45, 7) is 15.5. The van der Waals surface area contributed by atoms with Crippen LogP contribution in [0.25, 0.3) is 0 Å². The van der Waals surface area contributed by atoms with Gasteiger partial charge in [0.05, 0.1) is 36.9 Å². The number of carbonyl (C=O) groups excluding carboxylic acids is 3. The van der Waals surface area contributed by atoms with E-state index in [4.69, 9.17) is 37.9 Å². The molecule has 21 nitrogen and oxygen atoms in total. The van der Waals surface area contributed by atoms with Crippen molar-refractivity contribution in [2.75, 3.05) is 19.8 Å². The van der Waals surface area contributed by atoms with Gasteiger partial charge in [0, 0.05) is 19.3 Å². The molecule has 5 aliphatic carbocycles. The van der Waals surface area contributed by atoms with E-state index in [2.05, 4.69) is 40.7 Å². The largest absolute Gasteiger partial charge is 0.465 e. The molecule has 7 fully saturated rings. The monoisotopic (exact) mass is 1040 g/mol. The summed E-state index contributed by atoms with van der Waals surface area (Å²) in [6, 6.07) is 0. The summed E-state index contributed by atoms with van der Waals surface area (Å²) < 4.78 is 47.7. The highest BCUT2D eigenvalue weighted by Crippen LogP contribution is 2.76. The van der Waals surface area contributed by atoms with Crippen LogP contribution < -0.4 is 0 Å². The van der Waals surface area contributed by atoms with Crippen LogP contribution in [0.5, 0.6) is 0 Å². The Hall–Kier alpha value is -2.45. The second-order valence-electron chi connectivity index (χ2n) is 24.7. The minimum Gasteiger partial charge on any atom is -0.465 e. The number of allylic oxidation sites excluding steroid dienone is 2. The lowest BCUT2D eigenvalue weighted by molar-refractivity contribution is -0.387. The maximum absolute atomic E-state index is 15.7. The summed E-state index contributed by atoms with van der Waals surface area (Å²) in [5.74, 6) is -2.29. The molecule has 3 aliphatic heterocycles. The molecular formula is C52H82O21. The molecule has 3 heterocycles. The normalized spacial score (nSPS) is 51.5. The van der Waals surface area contributed by atoms with Gasteiger partial charge in [0.15, 0.2) is 18.7 Å². The van der Waals surface area contributed by atoms with Gasteiger partial charge in [0.25, 0.3) is 0 Å². The molecule has 416 valence electrons. The molecule has 0 spiro atoms. The van der Waals surface area contributed by atoms with Crippen molar-refractivity contribution in [2.24, 2.45) is 50.2 Å². The molecule has 73 heavy (non-hydrogen) atoms. The molecule has 8 rings (SSSR count). The molecule has 10 N–H and O–H groups in total. The Morgan fingerprint density at radius 2 is 1.26 bits per heavy atom. The fraction of sp³-hybridized carbons (Fsp3) is 0.904. The topological polar surface area (TPSA) is 327 Å². The molecule has 25 unspecified atom stereocenters. The molecule has 21 heteroatoms. The van der Waals surface area contributed by atoms with Gasteiger partial charge in [-0.1, -0.05) is 53.2 Å². The fourth-order valence-electron chi connectivity index (χ4n) is 15.5. The number of hydrogen-bond donors (Lipinski definition) is 10. The summed E-state index contributed by atoms with van der Waals surface area (Å²) in [7, 11) is 0. The van der Waals surface area contributed by atoms with Gasteiger partial charge in [-0.15, -0.1) is 0 Å². The van der Waals surface area contributed by atoms with Crippen molar-refractivity contribution < 1.29 is 103 Å². The molecule has 25 atom stereocenters. The van der Waals surface area contributed by atoms with Crippen LogP contribution in [0, 0.1) is 50.2 Å². The molecule has 0 aromatic carbocycles. The second-order valence-corrected chi connectivity index (χ2v) is 24.7. The van der Waals surface area contributed by atoms with Crippen molar-refractivity contribution >= 4 is 17.9 Å². The highest BCUT2D eigenvalue weighted by molar-refractivity contribution is 5.79. The van der Waals surface area contributed by atoms with Crippen molar-refractivity contribution in [3.8, 4) is 0 Å². The number of fused-ring (bicyclic) bond motifs is 7. The molecule has 0 radical (unpaired) electrons. The van der Waals surface area contributed by atoms with Gasteiger partial charge in [-0.25, -0.2) is 0 Å². The number of hydrogen-bond acceptors (Lipinski definition) is 21. The van der Waals surface area contributed by atoms with Crippen LogP contribution in [0.4, 0.5) is 0 Å². The van der Waals surface area contributed by atoms with Crippen LogP contribution in [0.1, 0.15) is 120 Å². The van der Waals surface area contributed by atoms with Gasteiger partial charge in [-0.2, -0.15) is 0 Å². The van der Waals surface area contributed by atoms with Crippen LogP contribution in [-0.4, -0.2) is 193 Å². The number of rotatable bonds is 11. The Morgan fingerprint density at radius 1 is 0.658 bits per heavy atom. The van der Waals surface area contributed by atoms with Crippen LogP contribution in [0.3, 0.4) is 0 Å². The summed E-state index contributed by atoms with van der Waals surface area (Å²) >= 11 is 0. The smallest absolute Gasteiger partial charge is 0.315 e. The Bertz CT molecular complexity index is 2070. The van der Waals surface area contributed by atoms with E-state index in [9.17, 15) is 60.7 Å². The Morgan fingerprint density at radius 3 is 1.90 bits per heavy atom. The van der Waals surface area contributed by atoms with Crippen molar-refractivity contribution in [3.05, 3.63) is 11.6 Å². The minimum atomic E-state index is -1.99. The first kappa shape index (κ1) is 56.7. The Balaban J connectivity index is 1.16. The summed E-state index contributed by atoms with van der Waals surface area (Å²) in [6.07, 6.45) is -20.9. The molecule has 4 saturated carbocycles. The predicted molar refractivity (Wildman–Crippen MR) is 251 cm³/mol. The average molecular weight is 1040 g/mol. The predicted octanol–water partition coefficient (Wildman–Crippen LogP) is 0.253. The molecule has 8 aliphatic rings. The lowest BCUT2D eigenvalue weighted by atomic mass is 9.33. The maximum Gasteiger partial charge on any atom is 0.315 e. The van der Waals surface area contributed by atoms with Crippen LogP contribution in [0.15, 0.2) is 11.6 Å². The van der Waals surface area contributed by atoms with Crippen LogP contribution >= 0.6 is 0 Å². The van der Waals surface area contributed by atoms with Crippen molar-refractivity contribution in [3.63, 3.8) is 0 Å². The fourth-order valence-corrected chi connectivity index (χ4v) is 15.5. The van der Waals surface area contributed by atoms with Gasteiger partial charge in [-0.05, 0) is 104 Å².